The van der Waals surface area contributed by atoms with Crippen LogP contribution < -0.4 is 4.90 Å². The third-order valence-corrected chi connectivity index (χ3v) is 5.88. The van der Waals surface area contributed by atoms with Crippen molar-refractivity contribution in [3.05, 3.63) is 47.2 Å². The number of amides is 1. The molecule has 6 nitrogen and oxygen atoms in total. The van der Waals surface area contributed by atoms with Crippen LogP contribution in [0.15, 0.2) is 24.4 Å². The number of anilines is 1. The minimum absolute atomic E-state index is 0.229. The number of fused-ring (bicyclic) bond motifs is 1. The first-order valence-electron chi connectivity index (χ1n) is 10.5. The molecule has 6 heteroatoms. The molecule has 0 bridgehead atoms. The second-order valence-electron chi connectivity index (χ2n) is 7.85. The van der Waals surface area contributed by atoms with E-state index in [2.05, 4.69) is 22.9 Å². The van der Waals surface area contributed by atoms with Crippen molar-refractivity contribution in [1.82, 2.24) is 19.9 Å². The Hall–Kier alpha value is -2.50. The number of aromatic nitrogens is 3. The first kappa shape index (κ1) is 18.8. The van der Waals surface area contributed by atoms with E-state index in [0.717, 1.165) is 74.9 Å². The summed E-state index contributed by atoms with van der Waals surface area (Å²) in [6, 6.07) is 6.05. The fourth-order valence-electron chi connectivity index (χ4n) is 4.37. The molecule has 4 rings (SSSR count). The highest BCUT2D eigenvalue weighted by atomic mass is 16.2. The number of nitrogens with zero attached hydrogens (tertiary/aromatic N) is 5. The Morgan fingerprint density at radius 2 is 2.11 bits per heavy atom. The summed E-state index contributed by atoms with van der Waals surface area (Å²) in [5.74, 6) is 2.43. The van der Waals surface area contributed by atoms with E-state index >= 15 is 0 Å². The maximum atomic E-state index is 12.2. The maximum Gasteiger partial charge on any atom is 0.222 e. The van der Waals surface area contributed by atoms with Gasteiger partial charge in [-0.3, -0.25) is 9.78 Å². The Morgan fingerprint density at radius 1 is 1.21 bits per heavy atom. The van der Waals surface area contributed by atoms with Crippen molar-refractivity contribution >= 4 is 11.7 Å². The van der Waals surface area contributed by atoms with Gasteiger partial charge in [-0.25, -0.2) is 9.97 Å². The molecule has 0 N–H and O–H groups in total. The van der Waals surface area contributed by atoms with Crippen LogP contribution in [0.4, 0.5) is 5.82 Å². The number of pyridine rings is 1. The highest BCUT2D eigenvalue weighted by Gasteiger charge is 2.29. The molecule has 1 atom stereocenters. The molecule has 0 spiro atoms. The molecule has 1 saturated heterocycles. The maximum absolute atomic E-state index is 12.2. The summed E-state index contributed by atoms with van der Waals surface area (Å²) in [7, 11) is 0. The number of likely N-dealkylation sites (tertiary alicyclic amines) is 1. The standard InChI is InChI=1S/C22H29N5O/c1-3-20(28)26-12-6-8-17(14-26)21-24-16(2)19-10-7-13-27(22(19)25-21)15-18-9-4-5-11-23-18/h4-5,9,11,17H,3,6-8,10,12-15H2,1-2H3/t17-/m0/s1. The van der Waals surface area contributed by atoms with E-state index in [-0.39, 0.29) is 11.8 Å². The lowest BCUT2D eigenvalue weighted by Gasteiger charge is -2.34. The lowest BCUT2D eigenvalue weighted by atomic mass is 9.95. The van der Waals surface area contributed by atoms with Gasteiger partial charge < -0.3 is 9.80 Å². The van der Waals surface area contributed by atoms with Gasteiger partial charge in [0.1, 0.15) is 11.6 Å². The molecule has 0 unspecified atom stereocenters. The Morgan fingerprint density at radius 3 is 2.89 bits per heavy atom. The predicted octanol–water partition coefficient (Wildman–Crippen LogP) is 3.25. The second-order valence-corrected chi connectivity index (χ2v) is 7.85. The van der Waals surface area contributed by atoms with Gasteiger partial charge in [-0.05, 0) is 44.7 Å². The van der Waals surface area contributed by atoms with Crippen LogP contribution in [0, 0.1) is 6.92 Å². The van der Waals surface area contributed by atoms with Gasteiger partial charge in [0.2, 0.25) is 5.91 Å². The SMILES string of the molecule is CCC(=O)N1CCC[C@H](c2nc(C)c3c(n2)N(Cc2ccccn2)CCC3)C1. The molecule has 0 saturated carbocycles. The van der Waals surface area contributed by atoms with E-state index in [1.807, 2.05) is 30.2 Å². The largest absolute Gasteiger partial charge is 0.350 e. The van der Waals surface area contributed by atoms with Crippen molar-refractivity contribution in [2.45, 2.75) is 58.4 Å². The van der Waals surface area contributed by atoms with Gasteiger partial charge >= 0.3 is 0 Å². The molecule has 1 fully saturated rings. The second kappa shape index (κ2) is 8.25. The molecule has 2 aliphatic heterocycles. The molecule has 0 radical (unpaired) electrons. The first-order valence-corrected chi connectivity index (χ1v) is 10.5. The van der Waals surface area contributed by atoms with Crippen molar-refractivity contribution < 1.29 is 4.79 Å². The average molecular weight is 380 g/mol. The van der Waals surface area contributed by atoms with Gasteiger partial charge in [-0.2, -0.15) is 0 Å². The first-order chi connectivity index (χ1) is 13.7. The van der Waals surface area contributed by atoms with Crippen LogP contribution in [0.1, 0.15) is 61.3 Å². The van der Waals surface area contributed by atoms with Crippen LogP contribution in [-0.2, 0) is 17.8 Å². The summed E-state index contributed by atoms with van der Waals surface area (Å²) in [6.07, 6.45) is 6.63. The van der Waals surface area contributed by atoms with E-state index in [4.69, 9.17) is 9.97 Å². The van der Waals surface area contributed by atoms with Crippen LogP contribution in [0.25, 0.3) is 0 Å². The lowest BCUT2D eigenvalue weighted by Crippen LogP contribution is -2.39. The van der Waals surface area contributed by atoms with Crippen molar-refractivity contribution in [2.75, 3.05) is 24.5 Å². The summed E-state index contributed by atoms with van der Waals surface area (Å²) >= 11 is 0. The predicted molar refractivity (Wildman–Crippen MR) is 109 cm³/mol. The van der Waals surface area contributed by atoms with Gasteiger partial charge in [0.05, 0.1) is 12.2 Å². The smallest absolute Gasteiger partial charge is 0.222 e. The van der Waals surface area contributed by atoms with Crippen LogP contribution in [0.5, 0.6) is 0 Å². The van der Waals surface area contributed by atoms with Crippen molar-refractivity contribution in [3.8, 4) is 0 Å². The third kappa shape index (κ3) is 3.86. The van der Waals surface area contributed by atoms with Crippen molar-refractivity contribution in [1.29, 1.82) is 0 Å². The highest BCUT2D eigenvalue weighted by molar-refractivity contribution is 5.76. The van der Waals surface area contributed by atoms with Gasteiger partial charge in [0.15, 0.2) is 0 Å². The number of carbonyl (C=O) groups is 1. The molecule has 148 valence electrons. The summed E-state index contributed by atoms with van der Waals surface area (Å²) < 4.78 is 0. The topological polar surface area (TPSA) is 62.2 Å². The molecule has 2 aromatic heterocycles. The summed E-state index contributed by atoms with van der Waals surface area (Å²) in [5, 5.41) is 0. The number of hydrogen-bond acceptors (Lipinski definition) is 5. The zero-order valence-corrected chi connectivity index (χ0v) is 16.9. The Bertz CT molecular complexity index is 838. The van der Waals surface area contributed by atoms with Crippen LogP contribution in [-0.4, -0.2) is 45.4 Å². The monoisotopic (exact) mass is 379 g/mol. The number of carbonyl (C=O) groups excluding carboxylic acids is 1. The van der Waals surface area contributed by atoms with Gasteiger partial charge in [-0.1, -0.05) is 13.0 Å². The fraction of sp³-hybridized carbons (Fsp3) is 0.545. The molecule has 2 aromatic rings. The molecule has 1 amide bonds. The fourth-order valence-corrected chi connectivity index (χ4v) is 4.37. The van der Waals surface area contributed by atoms with Crippen LogP contribution in [0.3, 0.4) is 0 Å². The number of rotatable bonds is 4. The van der Waals surface area contributed by atoms with Crippen molar-refractivity contribution in [3.63, 3.8) is 0 Å². The van der Waals surface area contributed by atoms with Gasteiger partial charge in [-0.15, -0.1) is 0 Å². The molecule has 0 aliphatic carbocycles. The molecule has 0 aromatic carbocycles. The average Bonchev–Trinajstić information content (AvgIpc) is 2.74. The van der Waals surface area contributed by atoms with Crippen molar-refractivity contribution in [2.24, 2.45) is 0 Å². The molecular formula is C22H29N5O. The van der Waals surface area contributed by atoms with E-state index in [9.17, 15) is 4.79 Å². The molecule has 2 aliphatic rings. The number of hydrogen-bond donors (Lipinski definition) is 0. The molecule has 4 heterocycles. The van der Waals surface area contributed by atoms with Gasteiger partial charge in [0.25, 0.3) is 0 Å². The summed E-state index contributed by atoms with van der Waals surface area (Å²) in [5.41, 5.74) is 3.42. The van der Waals surface area contributed by atoms with E-state index in [0.29, 0.717) is 6.42 Å². The Balaban J connectivity index is 1.61. The summed E-state index contributed by atoms with van der Waals surface area (Å²) in [4.78, 5) is 30.9. The van der Waals surface area contributed by atoms with E-state index in [1.165, 1.54) is 5.56 Å². The normalized spacial score (nSPS) is 19.4. The lowest BCUT2D eigenvalue weighted by molar-refractivity contribution is -0.132. The number of aryl methyl sites for hydroxylation is 1. The Labute approximate surface area is 167 Å². The molecule has 28 heavy (non-hydrogen) atoms. The third-order valence-electron chi connectivity index (χ3n) is 5.88. The van der Waals surface area contributed by atoms with Crippen LogP contribution in [0.2, 0.25) is 0 Å². The van der Waals surface area contributed by atoms with Crippen LogP contribution >= 0.6 is 0 Å². The minimum Gasteiger partial charge on any atom is -0.350 e. The number of piperidine rings is 1. The zero-order valence-electron chi connectivity index (χ0n) is 16.9. The zero-order chi connectivity index (χ0) is 19.5. The Kier molecular flexibility index (Phi) is 5.55. The van der Waals surface area contributed by atoms with E-state index in [1.54, 1.807) is 0 Å². The minimum atomic E-state index is 0.229. The summed E-state index contributed by atoms with van der Waals surface area (Å²) in [6.45, 7) is 7.40. The molecular weight excluding hydrogens is 350 g/mol. The van der Waals surface area contributed by atoms with Gasteiger partial charge in [0, 0.05) is 49.4 Å². The van der Waals surface area contributed by atoms with E-state index < -0.39 is 0 Å². The quantitative estimate of drug-likeness (QED) is 0.816. The highest BCUT2D eigenvalue weighted by Crippen LogP contribution is 2.32.